The van der Waals surface area contributed by atoms with Crippen molar-refractivity contribution in [1.82, 2.24) is 9.97 Å². The third-order valence-corrected chi connectivity index (χ3v) is 4.43. The summed E-state index contributed by atoms with van der Waals surface area (Å²) >= 11 is 6.66. The van der Waals surface area contributed by atoms with Crippen molar-refractivity contribution in [3.05, 3.63) is 20.4 Å². The van der Waals surface area contributed by atoms with E-state index in [-0.39, 0.29) is 0 Å². The standard InChI is InChI=1S/C9H9BrN2S2/c1-5(2)8-11-6(3-13-8)9-12-7(10)4-14-9/h3-5H,1-2H3. The number of nitrogens with zero attached hydrogens (tertiary/aromatic N) is 2. The molecule has 0 aliphatic heterocycles. The summed E-state index contributed by atoms with van der Waals surface area (Å²) < 4.78 is 0.886. The minimum atomic E-state index is 0.497. The fourth-order valence-electron chi connectivity index (χ4n) is 1.02. The van der Waals surface area contributed by atoms with Crippen molar-refractivity contribution < 1.29 is 0 Å². The topological polar surface area (TPSA) is 25.8 Å². The first kappa shape index (κ1) is 10.3. The van der Waals surface area contributed by atoms with Crippen molar-refractivity contribution in [3.8, 4) is 10.7 Å². The maximum atomic E-state index is 4.54. The molecule has 0 fully saturated rings. The predicted octanol–water partition coefficient (Wildman–Crippen LogP) is 4.15. The van der Waals surface area contributed by atoms with Crippen molar-refractivity contribution >= 4 is 38.6 Å². The lowest BCUT2D eigenvalue weighted by Gasteiger charge is -1.95. The lowest BCUT2D eigenvalue weighted by atomic mass is 10.2. The Labute approximate surface area is 99.2 Å². The van der Waals surface area contributed by atoms with Crippen molar-refractivity contribution in [1.29, 1.82) is 0 Å². The molecule has 0 aliphatic carbocycles. The molecule has 2 aromatic rings. The highest BCUT2D eigenvalue weighted by Gasteiger charge is 2.09. The summed E-state index contributed by atoms with van der Waals surface area (Å²) in [6.45, 7) is 4.31. The molecule has 2 rings (SSSR count). The van der Waals surface area contributed by atoms with Gasteiger partial charge in [0.1, 0.15) is 15.3 Å². The van der Waals surface area contributed by atoms with E-state index in [0.717, 1.165) is 15.3 Å². The average molecular weight is 289 g/mol. The third-order valence-electron chi connectivity index (χ3n) is 1.71. The molecule has 0 amide bonds. The van der Waals surface area contributed by atoms with E-state index < -0.39 is 0 Å². The van der Waals surface area contributed by atoms with Gasteiger partial charge in [-0.05, 0) is 15.9 Å². The molecular formula is C9H9BrN2S2. The second-order valence-corrected chi connectivity index (χ2v) is 5.76. The Hall–Kier alpha value is -0.260. The fraction of sp³-hybridized carbons (Fsp3) is 0.333. The van der Waals surface area contributed by atoms with Crippen molar-refractivity contribution in [2.45, 2.75) is 19.8 Å². The monoisotopic (exact) mass is 288 g/mol. The third kappa shape index (κ3) is 2.04. The molecule has 0 bridgehead atoms. The summed E-state index contributed by atoms with van der Waals surface area (Å²) in [5.74, 6) is 0.497. The Morgan fingerprint density at radius 1 is 1.21 bits per heavy atom. The van der Waals surface area contributed by atoms with Gasteiger partial charge in [0.15, 0.2) is 0 Å². The molecule has 0 spiro atoms. The van der Waals surface area contributed by atoms with Crippen LogP contribution in [0.4, 0.5) is 0 Å². The van der Waals surface area contributed by atoms with E-state index in [1.807, 2.05) is 5.38 Å². The summed E-state index contributed by atoms with van der Waals surface area (Å²) in [7, 11) is 0. The molecule has 0 saturated heterocycles. The first-order valence-corrected chi connectivity index (χ1v) is 6.79. The highest BCUT2D eigenvalue weighted by Crippen LogP contribution is 2.29. The molecule has 5 heteroatoms. The number of halogens is 1. The largest absolute Gasteiger partial charge is 0.238 e. The normalized spacial score (nSPS) is 11.1. The van der Waals surface area contributed by atoms with Crippen LogP contribution in [0.2, 0.25) is 0 Å². The van der Waals surface area contributed by atoms with Crippen LogP contribution in [-0.2, 0) is 0 Å². The zero-order valence-corrected chi connectivity index (χ0v) is 11.0. The van der Waals surface area contributed by atoms with E-state index in [1.165, 1.54) is 5.01 Å². The Morgan fingerprint density at radius 3 is 2.50 bits per heavy atom. The Balaban J connectivity index is 2.33. The Bertz CT molecular complexity index is 433. The van der Waals surface area contributed by atoms with E-state index >= 15 is 0 Å². The van der Waals surface area contributed by atoms with Crippen LogP contribution in [0.1, 0.15) is 24.8 Å². The molecule has 14 heavy (non-hydrogen) atoms. The summed E-state index contributed by atoms with van der Waals surface area (Å²) in [5.41, 5.74) is 0.995. The number of thiazole rings is 2. The molecule has 0 aromatic carbocycles. The van der Waals surface area contributed by atoms with Crippen LogP contribution in [0.3, 0.4) is 0 Å². The van der Waals surface area contributed by atoms with Gasteiger partial charge in [0, 0.05) is 16.7 Å². The molecule has 2 aromatic heterocycles. The summed E-state index contributed by atoms with van der Waals surface area (Å²) in [6, 6.07) is 0. The zero-order valence-electron chi connectivity index (χ0n) is 7.82. The maximum Gasteiger partial charge on any atom is 0.144 e. The SMILES string of the molecule is CC(C)c1nc(-c2nc(Br)cs2)cs1. The Kier molecular flexibility index (Phi) is 2.99. The fourth-order valence-corrected chi connectivity index (χ4v) is 3.13. The van der Waals surface area contributed by atoms with Crippen molar-refractivity contribution in [2.75, 3.05) is 0 Å². The van der Waals surface area contributed by atoms with Gasteiger partial charge in [-0.15, -0.1) is 22.7 Å². The van der Waals surface area contributed by atoms with Gasteiger partial charge < -0.3 is 0 Å². The van der Waals surface area contributed by atoms with Crippen LogP contribution in [0.25, 0.3) is 10.7 Å². The van der Waals surface area contributed by atoms with Crippen LogP contribution < -0.4 is 0 Å². The molecule has 0 aliphatic rings. The van der Waals surface area contributed by atoms with Crippen LogP contribution in [0, 0.1) is 0 Å². The van der Waals surface area contributed by atoms with Crippen LogP contribution in [0.5, 0.6) is 0 Å². The first-order valence-electron chi connectivity index (χ1n) is 4.23. The number of aromatic nitrogens is 2. The number of rotatable bonds is 2. The van der Waals surface area contributed by atoms with Crippen molar-refractivity contribution in [3.63, 3.8) is 0 Å². The van der Waals surface area contributed by atoms with Gasteiger partial charge >= 0.3 is 0 Å². The van der Waals surface area contributed by atoms with E-state index in [4.69, 9.17) is 0 Å². The molecule has 0 atom stereocenters. The molecule has 74 valence electrons. The van der Waals surface area contributed by atoms with E-state index in [9.17, 15) is 0 Å². The van der Waals surface area contributed by atoms with E-state index in [1.54, 1.807) is 22.7 Å². The summed E-state index contributed by atoms with van der Waals surface area (Å²) in [5, 5.41) is 6.20. The quantitative estimate of drug-likeness (QED) is 0.830. The van der Waals surface area contributed by atoms with Crippen LogP contribution in [0.15, 0.2) is 15.4 Å². The molecule has 0 N–H and O–H groups in total. The van der Waals surface area contributed by atoms with Gasteiger partial charge in [-0.2, -0.15) is 0 Å². The lowest BCUT2D eigenvalue weighted by Crippen LogP contribution is -1.85. The van der Waals surface area contributed by atoms with Crippen molar-refractivity contribution in [2.24, 2.45) is 0 Å². The molecule has 0 unspecified atom stereocenters. The van der Waals surface area contributed by atoms with E-state index in [2.05, 4.69) is 45.1 Å². The number of hydrogen-bond donors (Lipinski definition) is 0. The lowest BCUT2D eigenvalue weighted by molar-refractivity contribution is 0.853. The highest BCUT2D eigenvalue weighted by molar-refractivity contribution is 9.10. The average Bonchev–Trinajstić information content (AvgIpc) is 2.70. The van der Waals surface area contributed by atoms with Gasteiger partial charge in [-0.25, -0.2) is 9.97 Å². The van der Waals surface area contributed by atoms with Gasteiger partial charge in [0.25, 0.3) is 0 Å². The van der Waals surface area contributed by atoms with Gasteiger partial charge in [0.05, 0.1) is 5.01 Å². The van der Waals surface area contributed by atoms with E-state index in [0.29, 0.717) is 5.92 Å². The second kappa shape index (κ2) is 4.08. The molecular weight excluding hydrogens is 280 g/mol. The molecule has 2 nitrogen and oxygen atoms in total. The second-order valence-electron chi connectivity index (χ2n) is 3.20. The minimum Gasteiger partial charge on any atom is -0.238 e. The smallest absolute Gasteiger partial charge is 0.144 e. The minimum absolute atomic E-state index is 0.497. The summed E-state index contributed by atoms with van der Waals surface area (Å²) in [4.78, 5) is 8.87. The van der Waals surface area contributed by atoms with Crippen LogP contribution in [-0.4, -0.2) is 9.97 Å². The van der Waals surface area contributed by atoms with Crippen LogP contribution >= 0.6 is 38.6 Å². The highest BCUT2D eigenvalue weighted by atomic mass is 79.9. The molecule has 0 radical (unpaired) electrons. The van der Waals surface area contributed by atoms with Gasteiger partial charge in [0.2, 0.25) is 0 Å². The maximum absolute atomic E-state index is 4.54. The first-order chi connectivity index (χ1) is 6.66. The summed E-state index contributed by atoms with van der Waals surface area (Å²) in [6.07, 6.45) is 0. The predicted molar refractivity (Wildman–Crippen MR) is 65.0 cm³/mol. The zero-order chi connectivity index (χ0) is 10.1. The molecule has 0 saturated carbocycles. The number of hydrogen-bond acceptors (Lipinski definition) is 4. The molecule has 2 heterocycles. The van der Waals surface area contributed by atoms with Gasteiger partial charge in [-0.1, -0.05) is 13.8 Å². The van der Waals surface area contributed by atoms with Gasteiger partial charge in [-0.3, -0.25) is 0 Å². The Morgan fingerprint density at radius 2 is 2.00 bits per heavy atom.